The average molecular weight is 840 g/mol. The average Bonchev–Trinajstić information content (AvgIpc) is 3.49. The van der Waals surface area contributed by atoms with Gasteiger partial charge in [-0.3, -0.25) is 19.2 Å². The van der Waals surface area contributed by atoms with Crippen LogP contribution in [0.25, 0.3) is 22.2 Å². The maximum Gasteiger partial charge on any atom is 0.283 e. The number of benzene rings is 2. The Kier molecular flexibility index (Phi) is 11.8. The highest BCUT2D eigenvalue weighted by Crippen LogP contribution is 2.45. The zero-order chi connectivity index (χ0) is 43.0. The Bertz CT molecular complexity index is 2410. The van der Waals surface area contributed by atoms with Crippen LogP contribution in [0.4, 0.5) is 0 Å². The summed E-state index contributed by atoms with van der Waals surface area (Å²) in [4.78, 5) is 69.2. The van der Waals surface area contributed by atoms with Crippen LogP contribution in [0, 0.1) is 17.3 Å². The maximum atomic E-state index is 14.9. The lowest BCUT2D eigenvalue weighted by atomic mass is 9.77. The molecule has 2 N–H and O–H groups in total. The van der Waals surface area contributed by atoms with Crippen molar-refractivity contribution in [2.45, 2.75) is 82.0 Å². The highest BCUT2D eigenvalue weighted by atomic mass is 32.2. The summed E-state index contributed by atoms with van der Waals surface area (Å²) in [5.74, 6) is -2.38. The molecular formula is C44H53N7O8S. The van der Waals surface area contributed by atoms with E-state index in [0.717, 1.165) is 24.8 Å². The number of nitrogens with one attached hydrogen (secondary N) is 2. The molecule has 2 aliphatic heterocycles. The van der Waals surface area contributed by atoms with E-state index in [1.807, 2.05) is 74.2 Å². The van der Waals surface area contributed by atoms with E-state index >= 15 is 0 Å². The first-order valence-corrected chi connectivity index (χ1v) is 21.8. The van der Waals surface area contributed by atoms with Gasteiger partial charge < -0.3 is 29.2 Å². The maximum absolute atomic E-state index is 14.9. The minimum atomic E-state index is -4.38. The van der Waals surface area contributed by atoms with Gasteiger partial charge in [0.25, 0.3) is 15.9 Å². The Hall–Kier alpha value is -5.77. The first kappa shape index (κ1) is 42.4. The largest absolute Gasteiger partial charge is 0.497 e. The number of methoxy groups -OCH3 is 1. The van der Waals surface area contributed by atoms with Crippen LogP contribution < -0.4 is 19.5 Å². The smallest absolute Gasteiger partial charge is 0.283 e. The summed E-state index contributed by atoms with van der Waals surface area (Å²) in [6, 6.07) is 15.8. The number of aryl methyl sites for hydroxylation is 1. The number of ether oxygens (including phenoxy) is 2. The van der Waals surface area contributed by atoms with Gasteiger partial charge in [-0.15, -0.1) is 6.58 Å². The molecular weight excluding hydrogens is 787 g/mol. The topological polar surface area (TPSA) is 182 Å². The van der Waals surface area contributed by atoms with Gasteiger partial charge in [-0.25, -0.2) is 14.7 Å². The lowest BCUT2D eigenvalue weighted by Gasteiger charge is -2.36. The fraction of sp³-hybridized carbons (Fsp3) is 0.455. The third-order valence-electron chi connectivity index (χ3n) is 11.9. The Morgan fingerprint density at radius 1 is 1.05 bits per heavy atom. The van der Waals surface area contributed by atoms with Gasteiger partial charge in [-0.1, -0.05) is 57.2 Å². The first-order chi connectivity index (χ1) is 28.5. The lowest BCUT2D eigenvalue weighted by Crippen LogP contribution is -2.57. The third-order valence-corrected chi connectivity index (χ3v) is 13.1. The first-order valence-electron chi connectivity index (χ1n) is 20.3. The number of rotatable bonds is 13. The predicted octanol–water partition coefficient (Wildman–Crippen LogP) is 4.62. The highest BCUT2D eigenvalue weighted by molar-refractivity contribution is 7.90. The second-order valence-electron chi connectivity index (χ2n) is 17.1. The zero-order valence-electron chi connectivity index (χ0n) is 34.7. The fourth-order valence-corrected chi connectivity index (χ4v) is 9.28. The molecule has 16 heteroatoms. The summed E-state index contributed by atoms with van der Waals surface area (Å²) >= 11 is 0. The van der Waals surface area contributed by atoms with Gasteiger partial charge in [0.15, 0.2) is 5.03 Å². The molecule has 1 saturated carbocycles. The third kappa shape index (κ3) is 8.74. The normalized spacial score (nSPS) is 22.2. The van der Waals surface area contributed by atoms with Gasteiger partial charge in [-0.05, 0) is 43.2 Å². The van der Waals surface area contributed by atoms with Crippen LogP contribution in [0.1, 0.15) is 59.3 Å². The van der Waals surface area contributed by atoms with E-state index in [2.05, 4.69) is 21.6 Å². The molecule has 0 spiro atoms. The van der Waals surface area contributed by atoms with Crippen molar-refractivity contribution in [1.29, 1.82) is 0 Å². The van der Waals surface area contributed by atoms with Crippen LogP contribution in [-0.4, -0.2) is 101 Å². The van der Waals surface area contributed by atoms with Crippen LogP contribution in [0.2, 0.25) is 0 Å². The number of hydrogen-bond donors (Lipinski definition) is 2. The van der Waals surface area contributed by atoms with Crippen molar-refractivity contribution >= 4 is 44.6 Å². The van der Waals surface area contributed by atoms with Gasteiger partial charge in [-0.2, -0.15) is 8.42 Å². The number of aromatic nitrogens is 3. The summed E-state index contributed by atoms with van der Waals surface area (Å²) in [6.07, 6.45) is 6.29. The summed E-state index contributed by atoms with van der Waals surface area (Å²) in [5, 5.41) is 3.18. The molecule has 60 heavy (non-hydrogen) atoms. The van der Waals surface area contributed by atoms with Gasteiger partial charge in [0.2, 0.25) is 17.7 Å². The van der Waals surface area contributed by atoms with Crippen molar-refractivity contribution in [1.82, 2.24) is 34.4 Å². The number of likely N-dealkylation sites (tertiary alicyclic amines) is 2. The van der Waals surface area contributed by atoms with Crippen LogP contribution in [0.15, 0.2) is 84.8 Å². The van der Waals surface area contributed by atoms with Gasteiger partial charge in [0.1, 0.15) is 29.2 Å². The SMILES string of the molecule is C=C[C@@H]1C[C@]1(NC(=O)[C@@H]1C[C@@H](Oc2cc(-c3ccccc3)nc3cc(OC)ccc23)CN1C(=O)[C@@H](CC(=O)N1CCCCC1)C(C)(C)C)C(=O)NS(=O)(=O)c1cn(C)cn1. The minimum absolute atomic E-state index is 0.000184. The molecule has 3 aliphatic rings. The van der Waals surface area contributed by atoms with Crippen molar-refractivity contribution in [3.63, 3.8) is 0 Å². The minimum Gasteiger partial charge on any atom is -0.497 e. The molecule has 0 radical (unpaired) electrons. The van der Waals surface area contributed by atoms with Crippen LogP contribution in [0.5, 0.6) is 11.5 Å². The van der Waals surface area contributed by atoms with E-state index in [9.17, 15) is 27.6 Å². The molecule has 4 heterocycles. The number of sulfonamides is 1. The number of pyridine rings is 1. The number of carbonyl (C=O) groups excluding carboxylic acids is 4. The van der Waals surface area contributed by atoms with Gasteiger partial charge >= 0.3 is 0 Å². The number of nitrogens with zero attached hydrogens (tertiary/aromatic N) is 5. The van der Waals surface area contributed by atoms with Crippen molar-refractivity contribution < 1.29 is 37.1 Å². The molecule has 15 nitrogen and oxygen atoms in total. The van der Waals surface area contributed by atoms with Crippen LogP contribution in [-0.2, 0) is 36.2 Å². The molecule has 5 atom stereocenters. The van der Waals surface area contributed by atoms with Crippen molar-refractivity contribution in [3.8, 4) is 22.8 Å². The van der Waals surface area contributed by atoms with Crippen LogP contribution >= 0.6 is 0 Å². The summed E-state index contributed by atoms with van der Waals surface area (Å²) in [6.45, 7) is 10.8. The fourth-order valence-electron chi connectivity index (χ4n) is 8.25. The zero-order valence-corrected chi connectivity index (χ0v) is 35.5. The number of imidazole rings is 1. The van der Waals surface area contributed by atoms with Crippen LogP contribution in [0.3, 0.4) is 0 Å². The van der Waals surface area contributed by atoms with E-state index in [1.165, 1.54) is 28.1 Å². The monoisotopic (exact) mass is 839 g/mol. The molecule has 318 valence electrons. The second kappa shape index (κ2) is 16.7. The molecule has 0 bridgehead atoms. The number of hydrogen-bond acceptors (Lipinski definition) is 10. The molecule has 4 aromatic rings. The van der Waals surface area contributed by atoms with E-state index in [4.69, 9.17) is 14.5 Å². The predicted molar refractivity (Wildman–Crippen MR) is 224 cm³/mol. The Labute approximate surface area is 350 Å². The standard InChI is InChI=1S/C44H53N7O8S/c1-7-29-24-44(29,42(55)48-60(56,57)38-26-49(5)27-45-38)47-40(53)36-21-31(25-51(36)41(54)33(43(2,3)4)22-39(52)50-18-12-9-13-19-50)59-37-23-34(28-14-10-8-11-15-28)46-35-20-30(58-6)16-17-32(35)37/h7-8,10-11,14-17,20,23,26-27,29,31,33,36H,1,9,12-13,18-19,21-22,24-25H2,2-6H3,(H,47,53)(H,48,55)/t29-,31-,33-,36+,44-/m1/s1. The number of carbonyl (C=O) groups is 4. The molecule has 2 aromatic carbocycles. The van der Waals surface area contributed by atoms with E-state index in [1.54, 1.807) is 20.2 Å². The van der Waals surface area contributed by atoms with Gasteiger partial charge in [0, 0.05) is 68.2 Å². The Morgan fingerprint density at radius 3 is 2.42 bits per heavy atom. The molecule has 7 rings (SSSR count). The molecule has 3 fully saturated rings. The van der Waals surface area contributed by atoms with E-state index < -0.39 is 56.8 Å². The quantitative estimate of drug-likeness (QED) is 0.180. The van der Waals surface area contributed by atoms with Gasteiger partial charge in [0.05, 0.1) is 37.1 Å². The number of fused-ring (bicyclic) bond motifs is 1. The number of amides is 4. The molecule has 1 aliphatic carbocycles. The second-order valence-corrected chi connectivity index (χ2v) is 18.7. The van der Waals surface area contributed by atoms with Crippen molar-refractivity contribution in [2.24, 2.45) is 24.3 Å². The molecule has 0 unspecified atom stereocenters. The van der Waals surface area contributed by atoms with Crippen molar-refractivity contribution in [3.05, 3.63) is 79.8 Å². The van der Waals surface area contributed by atoms with E-state index in [0.29, 0.717) is 41.2 Å². The Morgan fingerprint density at radius 2 is 1.78 bits per heavy atom. The lowest BCUT2D eigenvalue weighted by molar-refractivity contribution is -0.148. The highest BCUT2D eigenvalue weighted by Gasteiger charge is 2.61. The van der Waals surface area contributed by atoms with Crippen molar-refractivity contribution in [2.75, 3.05) is 26.7 Å². The van der Waals surface area contributed by atoms with E-state index in [-0.39, 0.29) is 42.6 Å². The molecule has 2 aromatic heterocycles. The summed E-state index contributed by atoms with van der Waals surface area (Å²) in [7, 11) is -1.21. The summed E-state index contributed by atoms with van der Waals surface area (Å²) < 4.78 is 42.2. The Balaban J connectivity index is 1.22. The molecule has 4 amide bonds. The molecule has 2 saturated heterocycles. The number of piperidine rings is 1. The summed E-state index contributed by atoms with van der Waals surface area (Å²) in [5.41, 5.74) is -0.193.